The second-order valence-electron chi connectivity index (χ2n) is 11.2. The molecule has 11 nitrogen and oxygen atoms in total. The van der Waals surface area contributed by atoms with E-state index < -0.39 is 12.1 Å². The summed E-state index contributed by atoms with van der Waals surface area (Å²) < 4.78 is 12.5. The number of nitrogens with zero attached hydrogens (tertiary/aromatic N) is 3. The molecule has 11 heteroatoms. The summed E-state index contributed by atoms with van der Waals surface area (Å²) in [4.78, 5) is 48.2. The maximum Gasteiger partial charge on any atom is 0.315 e. The molecule has 220 valence electrons. The number of para-hydroxylation sites is 1. The summed E-state index contributed by atoms with van der Waals surface area (Å²) in [6.07, 6.45) is 5.16. The Morgan fingerprint density at radius 3 is 2.78 bits per heavy atom. The number of carbonyl (C=O) groups is 3. The molecule has 4 heterocycles. The van der Waals surface area contributed by atoms with Crippen LogP contribution in [0.4, 0.5) is 4.79 Å². The van der Waals surface area contributed by atoms with E-state index in [1.165, 1.54) is 0 Å². The molecule has 1 aromatic carbocycles. The maximum absolute atomic E-state index is 13.9. The molecule has 3 aliphatic heterocycles. The van der Waals surface area contributed by atoms with E-state index in [9.17, 15) is 14.4 Å². The minimum absolute atomic E-state index is 0.000384. The molecule has 2 fully saturated rings. The number of urea groups is 1. The van der Waals surface area contributed by atoms with Gasteiger partial charge < -0.3 is 30.3 Å². The summed E-state index contributed by atoms with van der Waals surface area (Å²) in [6.45, 7) is 6.45. The van der Waals surface area contributed by atoms with E-state index in [2.05, 4.69) is 25.8 Å². The van der Waals surface area contributed by atoms with Crippen LogP contribution in [0, 0.1) is 0 Å². The normalized spacial score (nSPS) is 25.7. The van der Waals surface area contributed by atoms with Crippen LogP contribution < -0.4 is 20.7 Å². The molecule has 4 amide bonds. The molecular formula is C30H40N6O5. The van der Waals surface area contributed by atoms with E-state index in [1.807, 2.05) is 44.3 Å². The van der Waals surface area contributed by atoms with E-state index in [4.69, 9.17) is 9.47 Å². The van der Waals surface area contributed by atoms with E-state index in [-0.39, 0.29) is 42.6 Å². The molecular weight excluding hydrogens is 524 g/mol. The molecule has 1 aromatic heterocycles. The number of ether oxygens (including phenoxy) is 2. The van der Waals surface area contributed by atoms with Crippen LogP contribution >= 0.6 is 0 Å². The van der Waals surface area contributed by atoms with Gasteiger partial charge in [0.2, 0.25) is 5.91 Å². The van der Waals surface area contributed by atoms with Gasteiger partial charge in [0.05, 0.1) is 30.4 Å². The highest BCUT2D eigenvalue weighted by Crippen LogP contribution is 2.26. The number of pyridine rings is 1. The summed E-state index contributed by atoms with van der Waals surface area (Å²) in [5.41, 5.74) is 1.49. The van der Waals surface area contributed by atoms with Gasteiger partial charge in [0.1, 0.15) is 11.8 Å². The monoisotopic (exact) mass is 564 g/mol. The first kappa shape index (κ1) is 28.8. The first-order valence-electron chi connectivity index (χ1n) is 14.5. The molecule has 0 saturated carbocycles. The predicted molar refractivity (Wildman–Crippen MR) is 152 cm³/mol. The lowest BCUT2D eigenvalue weighted by Crippen LogP contribution is -2.62. The van der Waals surface area contributed by atoms with Crippen molar-refractivity contribution in [3.63, 3.8) is 0 Å². The van der Waals surface area contributed by atoms with Crippen molar-refractivity contribution in [1.29, 1.82) is 0 Å². The summed E-state index contributed by atoms with van der Waals surface area (Å²) >= 11 is 0. The number of benzene rings is 1. The third-order valence-electron chi connectivity index (χ3n) is 7.80. The smallest absolute Gasteiger partial charge is 0.315 e. The van der Waals surface area contributed by atoms with Crippen molar-refractivity contribution in [3.05, 3.63) is 59.9 Å². The standard InChI is InChI=1S/C30H40N6O5/c1-20(2)33-30(39)34-24-10-9-22-11-15-40-26-8-4-3-7-23(26)29(38)36-14-13-35(18-21-6-5-12-31-16-21)19-25(36)28(37)32-17-27(24)41-22/h3-8,12,16,20,22,24-25,27H,9-11,13-15,17-19H2,1-2H3,(H,32,37)(H2,33,34,39)/t22-,24+,25-,27+/m0/s1. The Kier molecular flexibility index (Phi) is 9.35. The summed E-state index contributed by atoms with van der Waals surface area (Å²) in [6, 6.07) is 9.88. The van der Waals surface area contributed by atoms with Gasteiger partial charge in [0, 0.05) is 57.6 Å². The number of aromatic nitrogens is 1. The van der Waals surface area contributed by atoms with Gasteiger partial charge in [0.15, 0.2) is 0 Å². The van der Waals surface area contributed by atoms with E-state index in [0.717, 1.165) is 18.4 Å². The molecule has 2 bridgehead atoms. The lowest BCUT2D eigenvalue weighted by atomic mass is 9.96. The molecule has 0 spiro atoms. The molecule has 2 saturated heterocycles. The number of hydrogen-bond acceptors (Lipinski definition) is 7. The quantitative estimate of drug-likeness (QED) is 0.518. The predicted octanol–water partition coefficient (Wildman–Crippen LogP) is 1.93. The fourth-order valence-electron chi connectivity index (χ4n) is 5.75. The minimum Gasteiger partial charge on any atom is -0.493 e. The number of piperazine rings is 1. The number of fused-ring (bicyclic) bond motifs is 4. The zero-order chi connectivity index (χ0) is 28.8. The molecule has 41 heavy (non-hydrogen) atoms. The maximum atomic E-state index is 13.9. The molecule has 4 atom stereocenters. The van der Waals surface area contributed by atoms with Gasteiger partial charge in [-0.05, 0) is 50.5 Å². The van der Waals surface area contributed by atoms with Crippen LogP contribution in [0.2, 0.25) is 0 Å². The SMILES string of the molecule is CC(C)NC(=O)N[C@@H]1CC[C@H]2CCOc3ccccc3C(=O)N3CCN(Cc4cccnc4)C[C@H]3C(=O)NC[C@H]1O2. The van der Waals surface area contributed by atoms with Gasteiger partial charge in [0.25, 0.3) is 5.91 Å². The first-order valence-corrected chi connectivity index (χ1v) is 14.5. The Hall–Kier alpha value is -3.70. The third kappa shape index (κ3) is 7.34. The number of amides is 4. The van der Waals surface area contributed by atoms with Crippen LogP contribution in [0.3, 0.4) is 0 Å². The van der Waals surface area contributed by atoms with Crippen molar-refractivity contribution in [2.45, 2.75) is 70.0 Å². The van der Waals surface area contributed by atoms with Crippen molar-refractivity contribution in [2.75, 3.05) is 32.8 Å². The second kappa shape index (κ2) is 13.3. The summed E-state index contributed by atoms with van der Waals surface area (Å²) in [5, 5.41) is 8.96. The van der Waals surface area contributed by atoms with Crippen LogP contribution in [0.1, 0.15) is 49.0 Å². The van der Waals surface area contributed by atoms with E-state index in [0.29, 0.717) is 50.5 Å². The van der Waals surface area contributed by atoms with Gasteiger partial charge >= 0.3 is 6.03 Å². The molecule has 2 aromatic rings. The fraction of sp³-hybridized carbons (Fsp3) is 0.533. The number of nitrogens with one attached hydrogen (secondary N) is 3. The highest BCUT2D eigenvalue weighted by atomic mass is 16.5. The number of hydrogen-bond donors (Lipinski definition) is 3. The summed E-state index contributed by atoms with van der Waals surface area (Å²) in [7, 11) is 0. The van der Waals surface area contributed by atoms with Crippen molar-refractivity contribution in [1.82, 2.24) is 30.7 Å². The Bertz CT molecular complexity index is 1210. The zero-order valence-corrected chi connectivity index (χ0v) is 23.8. The molecule has 0 radical (unpaired) electrons. The van der Waals surface area contributed by atoms with Crippen molar-refractivity contribution in [2.24, 2.45) is 0 Å². The van der Waals surface area contributed by atoms with Crippen molar-refractivity contribution >= 4 is 17.8 Å². The van der Waals surface area contributed by atoms with E-state index in [1.54, 1.807) is 23.2 Å². The topological polar surface area (TPSA) is 125 Å². The average Bonchev–Trinajstić information content (AvgIpc) is 2.96. The number of carbonyl (C=O) groups excluding carboxylic acids is 3. The molecule has 3 aliphatic rings. The van der Waals surface area contributed by atoms with Gasteiger partial charge in [-0.2, -0.15) is 0 Å². The van der Waals surface area contributed by atoms with Gasteiger partial charge in [-0.1, -0.05) is 18.2 Å². The molecule has 3 N–H and O–H groups in total. The van der Waals surface area contributed by atoms with Crippen molar-refractivity contribution in [3.8, 4) is 5.75 Å². The van der Waals surface area contributed by atoms with Gasteiger partial charge in [-0.3, -0.25) is 19.5 Å². The Morgan fingerprint density at radius 1 is 1.12 bits per heavy atom. The van der Waals surface area contributed by atoms with Crippen LogP contribution in [0.5, 0.6) is 5.75 Å². The molecule has 5 rings (SSSR count). The Morgan fingerprint density at radius 2 is 1.98 bits per heavy atom. The lowest BCUT2D eigenvalue weighted by Gasteiger charge is -2.42. The Labute approximate surface area is 241 Å². The second-order valence-corrected chi connectivity index (χ2v) is 11.2. The molecule has 0 unspecified atom stereocenters. The lowest BCUT2D eigenvalue weighted by molar-refractivity contribution is -0.130. The van der Waals surface area contributed by atoms with Gasteiger partial charge in [-0.25, -0.2) is 4.79 Å². The van der Waals surface area contributed by atoms with Crippen molar-refractivity contribution < 1.29 is 23.9 Å². The Balaban J connectivity index is 1.38. The largest absolute Gasteiger partial charge is 0.493 e. The average molecular weight is 565 g/mol. The minimum atomic E-state index is -0.709. The van der Waals surface area contributed by atoms with Crippen LogP contribution in [0.25, 0.3) is 0 Å². The highest BCUT2D eigenvalue weighted by molar-refractivity contribution is 6.00. The van der Waals surface area contributed by atoms with Crippen LogP contribution in [-0.2, 0) is 16.1 Å². The van der Waals surface area contributed by atoms with Crippen LogP contribution in [0.15, 0.2) is 48.8 Å². The first-order chi connectivity index (χ1) is 19.9. The molecule has 0 aliphatic carbocycles. The zero-order valence-electron chi connectivity index (χ0n) is 23.8. The fourth-order valence-corrected chi connectivity index (χ4v) is 5.75. The van der Waals surface area contributed by atoms with Gasteiger partial charge in [-0.15, -0.1) is 0 Å². The highest BCUT2D eigenvalue weighted by Gasteiger charge is 2.38. The number of rotatable bonds is 4. The third-order valence-corrected chi connectivity index (χ3v) is 7.80. The summed E-state index contributed by atoms with van der Waals surface area (Å²) in [5.74, 6) is 0.0322. The van der Waals surface area contributed by atoms with Crippen LogP contribution in [-0.4, -0.2) is 95.7 Å². The van der Waals surface area contributed by atoms with E-state index >= 15 is 0 Å².